The first-order chi connectivity index (χ1) is 6.01. The van der Waals surface area contributed by atoms with Gasteiger partial charge in [-0.25, -0.2) is 0 Å². The van der Waals surface area contributed by atoms with Gasteiger partial charge in [0.05, 0.1) is 12.6 Å². The number of ether oxygens (including phenoxy) is 1. The Morgan fingerprint density at radius 1 is 1.54 bits per heavy atom. The molecular formula is C5H6BCl2O4P. The van der Waals surface area contributed by atoms with Crippen LogP contribution < -0.4 is 0 Å². The largest absolute Gasteiger partial charge is 0.376 e. The predicted molar refractivity (Wildman–Crippen MR) is 48.8 cm³/mol. The van der Waals surface area contributed by atoms with Gasteiger partial charge in [0.25, 0.3) is 0 Å². The maximum absolute atomic E-state index is 9.08. The number of hydrogen-bond acceptors (Lipinski definition) is 4. The van der Waals surface area contributed by atoms with Gasteiger partial charge in [-0.1, -0.05) is 23.2 Å². The highest BCUT2D eigenvalue weighted by Gasteiger charge is 2.56. The SMILES string of the molecule is [B][C@@H]1OC2COP(O)OC2C1(Cl)Cl. The van der Waals surface area contributed by atoms with Crippen molar-refractivity contribution in [2.24, 2.45) is 0 Å². The molecule has 0 aromatic heterocycles. The van der Waals surface area contributed by atoms with E-state index in [2.05, 4.69) is 0 Å². The Balaban J connectivity index is 2.16. The Hall–Kier alpha value is 0.915. The molecule has 2 aliphatic rings. The molecule has 3 unspecified atom stereocenters. The molecule has 1 N–H and O–H groups in total. The number of fused-ring (bicyclic) bond motifs is 1. The van der Waals surface area contributed by atoms with Crippen LogP contribution in [-0.2, 0) is 13.8 Å². The lowest BCUT2D eigenvalue weighted by atomic mass is 9.95. The van der Waals surface area contributed by atoms with E-state index in [0.29, 0.717) is 0 Å². The molecule has 13 heavy (non-hydrogen) atoms. The molecule has 2 aliphatic heterocycles. The quantitative estimate of drug-likeness (QED) is 0.386. The van der Waals surface area contributed by atoms with Gasteiger partial charge in [-0.15, -0.1) is 0 Å². The maximum atomic E-state index is 9.08. The molecule has 0 bridgehead atoms. The Kier molecular flexibility index (Phi) is 2.80. The summed E-state index contributed by atoms with van der Waals surface area (Å²) in [5, 5.41) is 0. The van der Waals surface area contributed by atoms with Crippen molar-refractivity contribution in [2.45, 2.75) is 22.5 Å². The third kappa shape index (κ3) is 1.72. The van der Waals surface area contributed by atoms with Crippen molar-refractivity contribution >= 4 is 39.7 Å². The van der Waals surface area contributed by atoms with Gasteiger partial charge in [0, 0.05) is 0 Å². The van der Waals surface area contributed by atoms with Gasteiger partial charge in [0.1, 0.15) is 20.1 Å². The van der Waals surface area contributed by atoms with Crippen molar-refractivity contribution in [3.05, 3.63) is 0 Å². The van der Waals surface area contributed by atoms with Crippen LogP contribution in [0.1, 0.15) is 0 Å². The fraction of sp³-hybridized carbons (Fsp3) is 1.00. The monoisotopic (exact) mass is 242 g/mol. The third-order valence-corrected chi connectivity index (χ3v) is 3.61. The van der Waals surface area contributed by atoms with Crippen LogP contribution in [0, 0.1) is 0 Å². The van der Waals surface area contributed by atoms with Crippen LogP contribution in [0.5, 0.6) is 0 Å². The lowest BCUT2D eigenvalue weighted by molar-refractivity contribution is -0.0274. The van der Waals surface area contributed by atoms with E-state index in [1.165, 1.54) is 0 Å². The topological polar surface area (TPSA) is 47.9 Å². The summed E-state index contributed by atoms with van der Waals surface area (Å²) in [7, 11) is 3.62. The Bertz CT molecular complexity index is 219. The smallest absolute Gasteiger partial charge is 0.330 e. The van der Waals surface area contributed by atoms with E-state index in [1.807, 2.05) is 0 Å². The first kappa shape index (κ1) is 10.4. The first-order valence-corrected chi connectivity index (χ1v) is 5.48. The highest BCUT2D eigenvalue weighted by molar-refractivity contribution is 7.40. The second-order valence-electron chi connectivity index (χ2n) is 2.83. The summed E-state index contributed by atoms with van der Waals surface area (Å²) >= 11 is 11.8. The van der Waals surface area contributed by atoms with Crippen LogP contribution >= 0.6 is 31.8 Å². The predicted octanol–water partition coefficient (Wildman–Crippen LogP) is 0.688. The Morgan fingerprint density at radius 3 is 2.92 bits per heavy atom. The molecule has 0 spiro atoms. The van der Waals surface area contributed by atoms with Crippen molar-refractivity contribution < 1.29 is 18.7 Å². The van der Waals surface area contributed by atoms with Gasteiger partial charge >= 0.3 is 8.60 Å². The minimum atomic E-state index is -1.91. The van der Waals surface area contributed by atoms with Gasteiger partial charge in [-0.05, 0) is 0 Å². The van der Waals surface area contributed by atoms with E-state index in [4.69, 9.17) is 49.7 Å². The second-order valence-corrected chi connectivity index (χ2v) is 5.22. The molecule has 4 atom stereocenters. The van der Waals surface area contributed by atoms with E-state index in [9.17, 15) is 0 Å². The van der Waals surface area contributed by atoms with E-state index in [0.717, 1.165) is 0 Å². The summed E-state index contributed by atoms with van der Waals surface area (Å²) in [4.78, 5) is 9.08. The van der Waals surface area contributed by atoms with Crippen molar-refractivity contribution in [1.82, 2.24) is 0 Å². The molecule has 0 aromatic rings. The minimum absolute atomic E-state index is 0.196. The summed E-state index contributed by atoms with van der Waals surface area (Å²) in [6, 6.07) is -0.823. The van der Waals surface area contributed by atoms with Crippen LogP contribution in [0.4, 0.5) is 0 Å². The molecule has 72 valence electrons. The van der Waals surface area contributed by atoms with E-state index in [-0.39, 0.29) is 6.61 Å². The fourth-order valence-electron chi connectivity index (χ4n) is 1.29. The average Bonchev–Trinajstić information content (AvgIpc) is 2.27. The zero-order valence-electron chi connectivity index (χ0n) is 6.39. The number of alkyl halides is 2. The van der Waals surface area contributed by atoms with Crippen molar-refractivity contribution in [3.63, 3.8) is 0 Å². The van der Waals surface area contributed by atoms with Crippen LogP contribution in [0.2, 0.25) is 0 Å². The summed E-state index contributed by atoms with van der Waals surface area (Å²) in [6.07, 6.45) is -1.04. The van der Waals surface area contributed by atoms with Crippen molar-refractivity contribution in [1.29, 1.82) is 0 Å². The molecule has 0 aromatic carbocycles. The first-order valence-electron chi connectivity index (χ1n) is 3.59. The molecule has 2 heterocycles. The Morgan fingerprint density at radius 2 is 2.23 bits per heavy atom. The van der Waals surface area contributed by atoms with Crippen LogP contribution in [0.25, 0.3) is 0 Å². The Labute approximate surface area is 87.8 Å². The van der Waals surface area contributed by atoms with Gasteiger partial charge < -0.3 is 18.7 Å². The number of rotatable bonds is 0. The van der Waals surface area contributed by atoms with Gasteiger partial charge in [0.15, 0.2) is 4.33 Å². The van der Waals surface area contributed by atoms with E-state index >= 15 is 0 Å². The van der Waals surface area contributed by atoms with E-state index < -0.39 is 31.1 Å². The minimum Gasteiger partial charge on any atom is -0.376 e. The molecule has 2 radical (unpaired) electrons. The summed E-state index contributed by atoms with van der Waals surface area (Å²) in [6.45, 7) is 0.196. The van der Waals surface area contributed by atoms with E-state index in [1.54, 1.807) is 0 Å². The second kappa shape index (κ2) is 3.49. The van der Waals surface area contributed by atoms with Gasteiger partial charge in [-0.3, -0.25) is 0 Å². The lowest BCUT2D eigenvalue weighted by Gasteiger charge is -2.30. The summed E-state index contributed by atoms with van der Waals surface area (Å²) in [5.74, 6) is 0. The highest BCUT2D eigenvalue weighted by atomic mass is 35.5. The summed E-state index contributed by atoms with van der Waals surface area (Å²) in [5.41, 5.74) is 0. The standard InChI is InChI=1S/C5H6BCl2O4P/c6-4-5(7,8)3-2(11-4)1-10-13(9)12-3/h2-4,9H,1H2/t2?,3?,4-,13?/m1/s1. The third-order valence-electron chi connectivity index (χ3n) is 1.97. The summed E-state index contributed by atoms with van der Waals surface area (Å²) < 4.78 is 13.7. The van der Waals surface area contributed by atoms with Crippen LogP contribution in [0.15, 0.2) is 0 Å². The molecule has 0 saturated carbocycles. The molecular weight excluding hydrogens is 237 g/mol. The molecule has 4 nitrogen and oxygen atoms in total. The van der Waals surface area contributed by atoms with Crippen LogP contribution in [0.3, 0.4) is 0 Å². The molecule has 2 fully saturated rings. The molecule has 8 heteroatoms. The lowest BCUT2D eigenvalue weighted by Crippen LogP contribution is -2.42. The molecule has 2 rings (SSSR count). The van der Waals surface area contributed by atoms with Crippen molar-refractivity contribution in [2.75, 3.05) is 6.61 Å². The maximum Gasteiger partial charge on any atom is 0.330 e. The normalized spacial score (nSPS) is 48.8. The average molecular weight is 243 g/mol. The number of halogens is 2. The van der Waals surface area contributed by atoms with Crippen molar-refractivity contribution in [3.8, 4) is 0 Å². The molecule has 0 aliphatic carbocycles. The zero-order chi connectivity index (χ0) is 9.64. The van der Waals surface area contributed by atoms with Crippen LogP contribution in [-0.4, -0.2) is 41.9 Å². The number of hydrogen-bond donors (Lipinski definition) is 1. The van der Waals surface area contributed by atoms with Gasteiger partial charge in [-0.2, -0.15) is 0 Å². The highest BCUT2D eigenvalue weighted by Crippen LogP contribution is 2.51. The zero-order valence-corrected chi connectivity index (χ0v) is 8.80. The van der Waals surface area contributed by atoms with Gasteiger partial charge in [0.2, 0.25) is 0 Å². The fourth-order valence-corrected chi connectivity index (χ4v) is 2.72. The molecule has 0 amide bonds. The molecule has 2 saturated heterocycles.